The average molecular weight is 663 g/mol. The zero-order valence-electron chi connectivity index (χ0n) is 25.0. The molecule has 6 rings (SSSR count). The van der Waals surface area contributed by atoms with Crippen molar-refractivity contribution in [1.82, 2.24) is 24.6 Å². The van der Waals surface area contributed by atoms with E-state index in [0.29, 0.717) is 12.8 Å². The van der Waals surface area contributed by atoms with E-state index in [1.165, 1.54) is 19.1 Å². The molecule has 0 amide bonds. The van der Waals surface area contributed by atoms with Gasteiger partial charge < -0.3 is 29.6 Å². The summed E-state index contributed by atoms with van der Waals surface area (Å²) in [4.78, 5) is 25.0. The maximum atomic E-state index is 16.8. The molecular formula is C29H33F2N6O8P. The number of carbonyl (C=O) groups is 1. The summed E-state index contributed by atoms with van der Waals surface area (Å²) in [5.41, 5.74) is -0.810. The molecule has 0 bridgehead atoms. The molecule has 2 saturated carbocycles. The van der Waals surface area contributed by atoms with Crippen LogP contribution in [0.3, 0.4) is 0 Å². The van der Waals surface area contributed by atoms with Gasteiger partial charge in [-0.25, -0.2) is 18.3 Å². The number of halogens is 2. The summed E-state index contributed by atoms with van der Waals surface area (Å²) in [7, 11) is -4.78. The second-order valence-corrected chi connectivity index (χ2v) is 13.0. The first-order valence-electron chi connectivity index (χ1n) is 14.8. The molecule has 3 heterocycles. The monoisotopic (exact) mass is 662 g/mol. The largest absolute Gasteiger partial charge is 0.476 e. The second kappa shape index (κ2) is 11.7. The first-order chi connectivity index (χ1) is 21.9. The number of esters is 1. The van der Waals surface area contributed by atoms with E-state index in [0.717, 1.165) is 30.2 Å². The highest BCUT2D eigenvalue weighted by Crippen LogP contribution is 2.73. The smallest absolute Gasteiger partial charge is 0.460 e. The van der Waals surface area contributed by atoms with Gasteiger partial charge in [-0.3, -0.25) is 13.9 Å². The Balaban J connectivity index is 1.28. The number of nitrogen functional groups attached to an aromatic ring is 1. The van der Waals surface area contributed by atoms with E-state index in [4.69, 9.17) is 35.4 Å². The van der Waals surface area contributed by atoms with Gasteiger partial charge in [0.25, 0.3) is 11.5 Å². The van der Waals surface area contributed by atoms with Gasteiger partial charge in [0.15, 0.2) is 23.5 Å². The number of carbonyl (C=O) groups excluding carboxylic acids is 1. The fraction of sp³-hybridized carbons (Fsp3) is 0.517. The molecule has 4 N–H and O–H groups in total. The van der Waals surface area contributed by atoms with Gasteiger partial charge in [0.05, 0.1) is 12.9 Å². The number of hydrogen-bond acceptors (Lipinski definition) is 12. The first-order valence-corrected chi connectivity index (χ1v) is 16.3. The van der Waals surface area contributed by atoms with Crippen molar-refractivity contribution >= 4 is 30.8 Å². The summed E-state index contributed by atoms with van der Waals surface area (Å²) in [5, 5.41) is 13.9. The molecule has 17 heteroatoms. The zero-order valence-corrected chi connectivity index (χ0v) is 25.9. The van der Waals surface area contributed by atoms with Crippen LogP contribution in [0.5, 0.6) is 11.6 Å². The minimum Gasteiger partial charge on any atom is -0.476 e. The lowest BCUT2D eigenvalue weighted by Gasteiger charge is -2.30. The molecular weight excluding hydrogens is 629 g/mol. The highest BCUT2D eigenvalue weighted by atomic mass is 31.2. The summed E-state index contributed by atoms with van der Waals surface area (Å²) in [6.07, 6.45) is 6.22. The van der Waals surface area contributed by atoms with Crippen molar-refractivity contribution in [3.8, 4) is 24.0 Å². The number of nitrogens with zero attached hydrogens (tertiary/aromatic N) is 4. The Morgan fingerprint density at radius 1 is 1.28 bits per heavy atom. The molecule has 3 aliphatic rings. The predicted octanol–water partition coefficient (Wildman–Crippen LogP) is 3.51. The Hall–Kier alpha value is -3.87. The molecule has 246 valence electrons. The first kappa shape index (κ1) is 32.1. The van der Waals surface area contributed by atoms with Crippen molar-refractivity contribution in [2.45, 2.75) is 87.6 Å². The second-order valence-electron chi connectivity index (χ2n) is 11.3. The maximum absolute atomic E-state index is 16.8. The van der Waals surface area contributed by atoms with E-state index in [9.17, 15) is 14.5 Å². The maximum Gasteiger partial charge on any atom is 0.460 e. The SMILES string of the molecule is C#C[C@]1(F)[C@H](n2cnc3c(OCC)nc(N)nc32)O[C@]2(F)C(OP(=O)(NC(C)C(=O)OC3CCCCC3)Oc3ccccc3)[C@@]21O. The minimum absolute atomic E-state index is 0.00593. The summed E-state index contributed by atoms with van der Waals surface area (Å²) >= 11 is 0. The molecule has 46 heavy (non-hydrogen) atoms. The van der Waals surface area contributed by atoms with Gasteiger partial charge in [-0.05, 0) is 51.7 Å². The third kappa shape index (κ3) is 5.16. The van der Waals surface area contributed by atoms with Crippen LogP contribution in [0.4, 0.5) is 14.7 Å². The number of nitrogens with two attached hydrogens (primary N) is 1. The highest BCUT2D eigenvalue weighted by molar-refractivity contribution is 7.52. The van der Waals surface area contributed by atoms with E-state index < -0.39 is 49.2 Å². The standard InChI is InChI=1S/C29H33F2N6O8P/c1-4-27(30)25(37-16-33-20-21(37)34-26(32)35-22(20)41-5-2)43-29(31)24(28(27,29)39)45-46(40,44-19-14-10-7-11-15-19)36-17(3)23(38)42-18-12-8-6-9-13-18/h1,7,10-11,14-18,24-25,39H,5-6,8-9,12-13H2,2-3H3,(H,36,40)(H2,32,34,35)/t17?,24?,25-,27+,28+,29-,46?/m1/s1. The van der Waals surface area contributed by atoms with Gasteiger partial charge >= 0.3 is 13.7 Å². The molecule has 1 aromatic carbocycles. The number of aromatic nitrogens is 4. The Morgan fingerprint density at radius 3 is 2.67 bits per heavy atom. The molecule has 7 atom stereocenters. The van der Waals surface area contributed by atoms with Crippen LogP contribution in [0.15, 0.2) is 36.7 Å². The number of aliphatic hydroxyl groups is 1. The number of fused-ring (bicyclic) bond motifs is 2. The fourth-order valence-corrected chi connectivity index (χ4v) is 7.56. The van der Waals surface area contributed by atoms with Crippen LogP contribution in [-0.2, 0) is 23.4 Å². The van der Waals surface area contributed by atoms with Crippen LogP contribution in [0, 0.1) is 12.3 Å². The van der Waals surface area contributed by atoms with Gasteiger partial charge in [0.1, 0.15) is 17.9 Å². The van der Waals surface area contributed by atoms with Gasteiger partial charge in [-0.1, -0.05) is 30.5 Å². The van der Waals surface area contributed by atoms with Crippen molar-refractivity contribution < 1.29 is 46.5 Å². The third-order valence-electron chi connectivity index (χ3n) is 8.23. The summed E-state index contributed by atoms with van der Waals surface area (Å²) in [6, 6.07) is 6.37. The van der Waals surface area contributed by atoms with E-state index in [1.807, 2.05) is 0 Å². The number of hydrogen-bond donors (Lipinski definition) is 3. The molecule has 3 aromatic rings. The van der Waals surface area contributed by atoms with Gasteiger partial charge in [0, 0.05) is 0 Å². The number of rotatable bonds is 11. The zero-order chi connectivity index (χ0) is 32.9. The van der Waals surface area contributed by atoms with Crippen LogP contribution in [-0.4, -0.2) is 72.6 Å². The molecule has 0 radical (unpaired) electrons. The number of imidazole rings is 1. The average Bonchev–Trinajstić information content (AvgIpc) is 3.27. The molecule has 1 saturated heterocycles. The van der Waals surface area contributed by atoms with Gasteiger partial charge in [0.2, 0.25) is 17.4 Å². The minimum atomic E-state index is -4.78. The van der Waals surface area contributed by atoms with Crippen molar-refractivity contribution in [2.75, 3.05) is 12.3 Å². The topological polar surface area (TPSA) is 182 Å². The lowest BCUT2D eigenvalue weighted by molar-refractivity contribution is -0.152. The van der Waals surface area contributed by atoms with Crippen LogP contribution < -0.4 is 20.1 Å². The normalized spacial score (nSPS) is 31.0. The van der Waals surface area contributed by atoms with Crippen molar-refractivity contribution in [2.24, 2.45) is 0 Å². The molecule has 3 unspecified atom stereocenters. The van der Waals surface area contributed by atoms with Crippen LogP contribution in [0.1, 0.15) is 52.2 Å². The molecule has 2 aromatic heterocycles. The number of nitrogens with one attached hydrogen (secondary N) is 1. The van der Waals surface area contributed by atoms with E-state index >= 15 is 8.78 Å². The number of terminal acetylenes is 1. The van der Waals surface area contributed by atoms with Crippen molar-refractivity contribution in [1.29, 1.82) is 0 Å². The van der Waals surface area contributed by atoms with E-state index in [2.05, 4.69) is 20.0 Å². The Bertz CT molecular complexity index is 1720. The third-order valence-corrected chi connectivity index (χ3v) is 9.88. The van der Waals surface area contributed by atoms with Gasteiger partial charge in [-0.15, -0.1) is 6.42 Å². The molecule has 0 spiro atoms. The summed E-state index contributed by atoms with van der Waals surface area (Å²) in [6.45, 7) is 3.24. The fourth-order valence-electron chi connectivity index (χ4n) is 5.86. The Kier molecular flexibility index (Phi) is 8.19. The molecule has 14 nitrogen and oxygen atoms in total. The predicted molar refractivity (Wildman–Crippen MR) is 158 cm³/mol. The van der Waals surface area contributed by atoms with E-state index in [-0.39, 0.29) is 41.5 Å². The van der Waals surface area contributed by atoms with Crippen LogP contribution in [0.2, 0.25) is 0 Å². The summed E-state index contributed by atoms with van der Waals surface area (Å²) < 4.78 is 75.8. The molecule has 1 aliphatic heterocycles. The number of ether oxygens (including phenoxy) is 3. The number of anilines is 1. The summed E-state index contributed by atoms with van der Waals surface area (Å²) in [5.74, 6) is -2.58. The lowest BCUT2D eigenvalue weighted by Crippen LogP contribution is -2.47. The Morgan fingerprint density at radius 2 is 2.00 bits per heavy atom. The lowest BCUT2D eigenvalue weighted by atomic mass is 9.96. The highest BCUT2D eigenvalue weighted by Gasteiger charge is 2.98. The number of para-hydroxylation sites is 1. The Labute approximate surface area is 262 Å². The molecule has 2 aliphatic carbocycles. The van der Waals surface area contributed by atoms with Crippen LogP contribution >= 0.6 is 7.75 Å². The number of alkyl halides is 2. The number of benzene rings is 1. The quantitative estimate of drug-likeness (QED) is 0.154. The van der Waals surface area contributed by atoms with Crippen molar-refractivity contribution in [3.63, 3.8) is 0 Å². The van der Waals surface area contributed by atoms with Crippen LogP contribution in [0.25, 0.3) is 11.2 Å². The van der Waals surface area contributed by atoms with Crippen molar-refractivity contribution in [3.05, 3.63) is 36.7 Å². The van der Waals surface area contributed by atoms with Gasteiger partial charge in [-0.2, -0.15) is 15.1 Å². The van der Waals surface area contributed by atoms with E-state index in [1.54, 1.807) is 31.0 Å². The molecule has 3 fully saturated rings.